The first-order valence-electron chi connectivity index (χ1n) is 7.68. The molecular weight excluding hydrogens is 364 g/mol. The van der Waals surface area contributed by atoms with Crippen molar-refractivity contribution in [2.45, 2.75) is 13.8 Å². The summed E-state index contributed by atoms with van der Waals surface area (Å²) in [7, 11) is 0. The molecule has 0 aliphatic heterocycles. The summed E-state index contributed by atoms with van der Waals surface area (Å²) in [5.41, 5.74) is -1.13. The van der Waals surface area contributed by atoms with Crippen LogP contribution in [0.25, 0.3) is 11.3 Å². The summed E-state index contributed by atoms with van der Waals surface area (Å²) < 4.78 is 9.79. The number of nitro groups is 1. The van der Waals surface area contributed by atoms with Gasteiger partial charge in [-0.05, 0) is 26.0 Å². The van der Waals surface area contributed by atoms with E-state index in [4.69, 9.17) is 21.1 Å². The van der Waals surface area contributed by atoms with E-state index in [2.05, 4.69) is 4.98 Å². The third-order valence-corrected chi connectivity index (χ3v) is 3.73. The molecule has 0 unspecified atom stereocenters. The quantitative estimate of drug-likeness (QED) is 0.428. The minimum absolute atomic E-state index is 0.000953. The van der Waals surface area contributed by atoms with Gasteiger partial charge in [0, 0.05) is 17.8 Å². The van der Waals surface area contributed by atoms with E-state index in [0.717, 1.165) is 6.07 Å². The highest BCUT2D eigenvalue weighted by molar-refractivity contribution is 6.37. The zero-order valence-corrected chi connectivity index (χ0v) is 14.8. The van der Waals surface area contributed by atoms with Gasteiger partial charge in [0.2, 0.25) is 0 Å². The van der Waals surface area contributed by atoms with Gasteiger partial charge >= 0.3 is 11.9 Å². The molecule has 0 radical (unpaired) electrons. The van der Waals surface area contributed by atoms with E-state index in [-0.39, 0.29) is 23.8 Å². The summed E-state index contributed by atoms with van der Waals surface area (Å²) in [6, 6.07) is 5.99. The summed E-state index contributed by atoms with van der Waals surface area (Å²) in [6.07, 6.45) is 1.47. The largest absolute Gasteiger partial charge is 0.462 e. The van der Waals surface area contributed by atoms with Crippen LogP contribution in [0.1, 0.15) is 34.6 Å². The molecule has 2 rings (SSSR count). The number of carbonyl (C=O) groups excluding carboxylic acids is 2. The average Bonchev–Trinajstić information content (AvgIpc) is 2.62. The van der Waals surface area contributed by atoms with Crippen molar-refractivity contribution in [1.29, 1.82) is 0 Å². The number of pyridine rings is 1. The zero-order chi connectivity index (χ0) is 19.3. The smallest absolute Gasteiger partial charge is 0.346 e. The molecule has 1 heterocycles. The van der Waals surface area contributed by atoms with Gasteiger partial charge in [-0.15, -0.1) is 0 Å². The normalized spacial score (nSPS) is 10.3. The van der Waals surface area contributed by atoms with Crippen LogP contribution in [0.4, 0.5) is 5.69 Å². The fraction of sp³-hybridized carbons (Fsp3) is 0.235. The number of ether oxygens (including phenoxy) is 2. The maximum atomic E-state index is 12.4. The first-order valence-corrected chi connectivity index (χ1v) is 8.06. The first-order chi connectivity index (χ1) is 12.4. The summed E-state index contributed by atoms with van der Waals surface area (Å²) in [5.74, 6) is -1.99. The van der Waals surface area contributed by atoms with Gasteiger partial charge in [0.15, 0.2) is 5.56 Å². The number of aromatic nitrogens is 1. The van der Waals surface area contributed by atoms with Gasteiger partial charge in [-0.3, -0.25) is 15.1 Å². The van der Waals surface area contributed by atoms with E-state index < -0.39 is 33.7 Å². The lowest BCUT2D eigenvalue weighted by atomic mass is 9.99. The van der Waals surface area contributed by atoms with E-state index in [0.29, 0.717) is 5.69 Å². The average molecular weight is 379 g/mol. The monoisotopic (exact) mass is 378 g/mol. The van der Waals surface area contributed by atoms with Crippen LogP contribution in [-0.4, -0.2) is 35.1 Å². The molecule has 0 bridgehead atoms. The highest BCUT2D eigenvalue weighted by Crippen LogP contribution is 2.38. The van der Waals surface area contributed by atoms with Crippen LogP contribution in [0.3, 0.4) is 0 Å². The van der Waals surface area contributed by atoms with Crippen molar-refractivity contribution in [3.63, 3.8) is 0 Å². The predicted octanol–water partition coefficient (Wildman–Crippen LogP) is 3.66. The van der Waals surface area contributed by atoms with Gasteiger partial charge in [0.1, 0.15) is 5.56 Å². The summed E-state index contributed by atoms with van der Waals surface area (Å²) >= 11 is 6.33. The molecule has 0 saturated heterocycles. The third kappa shape index (κ3) is 3.80. The van der Waals surface area contributed by atoms with E-state index in [1.54, 1.807) is 25.1 Å². The minimum atomic E-state index is -1.03. The maximum Gasteiger partial charge on any atom is 0.346 e. The molecule has 2 aromatic rings. The molecule has 26 heavy (non-hydrogen) atoms. The molecule has 0 amide bonds. The highest BCUT2D eigenvalue weighted by Gasteiger charge is 2.34. The van der Waals surface area contributed by atoms with Crippen LogP contribution in [0.15, 0.2) is 30.5 Å². The number of benzene rings is 1. The number of nitrogens with zero attached hydrogens (tertiary/aromatic N) is 2. The SMILES string of the molecule is CCOC(=O)c1c([N+](=O)[O-])cc(-c2ccccn2)c(Cl)c1C(=O)OCC. The standard InChI is InChI=1S/C17H15ClN2O6/c1-3-25-16(21)13-12(20(23)24)9-10(11-7-5-6-8-19-11)15(18)14(13)17(22)26-4-2/h5-9H,3-4H2,1-2H3. The molecule has 8 nitrogen and oxygen atoms in total. The first kappa shape index (κ1) is 19.3. The van der Waals surface area contributed by atoms with Crippen LogP contribution < -0.4 is 0 Å². The number of esters is 2. The number of hydrogen-bond acceptors (Lipinski definition) is 7. The number of halogens is 1. The Labute approximate surface area is 153 Å². The molecule has 0 spiro atoms. The third-order valence-electron chi connectivity index (χ3n) is 3.34. The number of hydrogen-bond donors (Lipinski definition) is 0. The minimum Gasteiger partial charge on any atom is -0.462 e. The molecule has 1 aromatic carbocycles. The van der Waals surface area contributed by atoms with Crippen LogP contribution in [0.2, 0.25) is 5.02 Å². The molecule has 136 valence electrons. The molecular formula is C17H15ClN2O6. The Morgan fingerprint density at radius 2 is 1.77 bits per heavy atom. The lowest BCUT2D eigenvalue weighted by Gasteiger charge is -2.14. The van der Waals surface area contributed by atoms with Crippen molar-refractivity contribution in [2.24, 2.45) is 0 Å². The second kappa shape index (κ2) is 8.39. The second-order valence-corrected chi connectivity index (χ2v) is 5.30. The number of nitro benzene ring substituents is 1. The van der Waals surface area contributed by atoms with E-state index >= 15 is 0 Å². The Morgan fingerprint density at radius 3 is 2.27 bits per heavy atom. The van der Waals surface area contributed by atoms with Crippen LogP contribution >= 0.6 is 11.6 Å². The van der Waals surface area contributed by atoms with Gasteiger partial charge in [0.05, 0.1) is 28.9 Å². The summed E-state index contributed by atoms with van der Waals surface area (Å²) in [4.78, 5) is 39.5. The maximum absolute atomic E-state index is 12.4. The topological polar surface area (TPSA) is 109 Å². The van der Waals surface area contributed by atoms with Crippen molar-refractivity contribution in [3.05, 3.63) is 56.7 Å². The van der Waals surface area contributed by atoms with Crippen molar-refractivity contribution < 1.29 is 24.0 Å². The van der Waals surface area contributed by atoms with Crippen molar-refractivity contribution >= 4 is 29.2 Å². The summed E-state index contributed by atoms with van der Waals surface area (Å²) in [6.45, 7) is 3.07. The summed E-state index contributed by atoms with van der Waals surface area (Å²) in [5, 5.41) is 11.4. The Balaban J connectivity index is 2.86. The van der Waals surface area contributed by atoms with E-state index in [1.807, 2.05) is 0 Å². The van der Waals surface area contributed by atoms with Gasteiger partial charge < -0.3 is 9.47 Å². The molecule has 0 fully saturated rings. The molecule has 0 atom stereocenters. The highest BCUT2D eigenvalue weighted by atomic mass is 35.5. The predicted molar refractivity (Wildman–Crippen MR) is 93.3 cm³/mol. The molecule has 0 N–H and O–H groups in total. The zero-order valence-electron chi connectivity index (χ0n) is 14.0. The van der Waals surface area contributed by atoms with Crippen molar-refractivity contribution in [3.8, 4) is 11.3 Å². The van der Waals surface area contributed by atoms with Crippen LogP contribution in [0, 0.1) is 10.1 Å². The van der Waals surface area contributed by atoms with E-state index in [1.165, 1.54) is 13.1 Å². The Hall–Kier alpha value is -3.00. The molecule has 0 aliphatic rings. The van der Waals surface area contributed by atoms with Crippen LogP contribution in [-0.2, 0) is 9.47 Å². The van der Waals surface area contributed by atoms with Crippen LogP contribution in [0.5, 0.6) is 0 Å². The van der Waals surface area contributed by atoms with Crippen molar-refractivity contribution in [1.82, 2.24) is 4.98 Å². The second-order valence-electron chi connectivity index (χ2n) is 4.92. The Kier molecular flexibility index (Phi) is 6.24. The fourth-order valence-electron chi connectivity index (χ4n) is 2.30. The number of rotatable bonds is 6. The molecule has 0 saturated carbocycles. The lowest BCUT2D eigenvalue weighted by molar-refractivity contribution is -0.385. The Bertz CT molecular complexity index is 854. The number of carbonyl (C=O) groups is 2. The molecule has 9 heteroatoms. The van der Waals surface area contributed by atoms with Gasteiger partial charge in [-0.25, -0.2) is 9.59 Å². The Morgan fingerprint density at radius 1 is 1.15 bits per heavy atom. The van der Waals surface area contributed by atoms with E-state index in [9.17, 15) is 19.7 Å². The molecule has 1 aromatic heterocycles. The van der Waals surface area contributed by atoms with Crippen molar-refractivity contribution in [2.75, 3.05) is 13.2 Å². The van der Waals surface area contributed by atoms with Gasteiger partial charge in [0.25, 0.3) is 5.69 Å². The van der Waals surface area contributed by atoms with Gasteiger partial charge in [-0.2, -0.15) is 0 Å². The lowest BCUT2D eigenvalue weighted by Crippen LogP contribution is -2.17. The molecule has 0 aliphatic carbocycles. The van der Waals surface area contributed by atoms with Gasteiger partial charge in [-0.1, -0.05) is 17.7 Å². The fourth-order valence-corrected chi connectivity index (χ4v) is 2.63.